The largest absolute Gasteiger partial charge is 0.467 e. The lowest BCUT2D eigenvalue weighted by Crippen LogP contribution is -2.45. The minimum Gasteiger partial charge on any atom is -0.467 e. The second-order valence-corrected chi connectivity index (χ2v) is 7.18. The normalized spacial score (nSPS) is 11.8. The van der Waals surface area contributed by atoms with E-state index < -0.39 is 12.0 Å². The molecule has 5 nitrogen and oxygen atoms in total. The van der Waals surface area contributed by atoms with Crippen molar-refractivity contribution in [3.05, 3.63) is 58.1 Å². The van der Waals surface area contributed by atoms with Crippen molar-refractivity contribution in [2.45, 2.75) is 26.3 Å². The molecule has 0 aliphatic rings. The number of benzene rings is 2. The topological polar surface area (TPSA) is 67.4 Å². The van der Waals surface area contributed by atoms with Gasteiger partial charge < -0.3 is 15.4 Å². The first-order valence-electron chi connectivity index (χ1n) is 8.49. The van der Waals surface area contributed by atoms with E-state index >= 15 is 0 Å². The first kappa shape index (κ1) is 21.1. The van der Waals surface area contributed by atoms with Crippen LogP contribution >= 0.6 is 23.2 Å². The molecule has 0 saturated carbocycles. The highest BCUT2D eigenvalue weighted by atomic mass is 35.5. The van der Waals surface area contributed by atoms with Crippen molar-refractivity contribution in [2.75, 3.05) is 12.4 Å². The maximum Gasteiger partial charge on any atom is 0.328 e. The van der Waals surface area contributed by atoms with Gasteiger partial charge in [0.2, 0.25) is 5.91 Å². The van der Waals surface area contributed by atoms with Crippen LogP contribution in [0.15, 0.2) is 42.5 Å². The molecular weight excluding hydrogens is 387 g/mol. The van der Waals surface area contributed by atoms with Gasteiger partial charge in [0.25, 0.3) is 0 Å². The van der Waals surface area contributed by atoms with Gasteiger partial charge in [0.1, 0.15) is 6.04 Å². The van der Waals surface area contributed by atoms with Crippen LogP contribution in [0, 0.1) is 5.92 Å². The van der Waals surface area contributed by atoms with Gasteiger partial charge in [-0.15, -0.1) is 0 Å². The van der Waals surface area contributed by atoms with Gasteiger partial charge in [-0.2, -0.15) is 0 Å². The minimum atomic E-state index is -0.694. The fraction of sp³-hybridized carbons (Fsp3) is 0.300. The summed E-state index contributed by atoms with van der Waals surface area (Å²) in [7, 11) is 1.30. The predicted octanol–water partition coefficient (Wildman–Crippen LogP) is 4.59. The summed E-state index contributed by atoms with van der Waals surface area (Å²) < 4.78 is 4.76. The van der Waals surface area contributed by atoms with Crippen LogP contribution in [-0.2, 0) is 20.7 Å². The van der Waals surface area contributed by atoms with Crippen LogP contribution in [0.4, 0.5) is 11.4 Å². The third kappa shape index (κ3) is 5.62. The Kier molecular flexibility index (Phi) is 7.51. The summed E-state index contributed by atoms with van der Waals surface area (Å²) in [4.78, 5) is 24.3. The van der Waals surface area contributed by atoms with Crippen molar-refractivity contribution in [3.63, 3.8) is 0 Å². The first-order valence-corrected chi connectivity index (χ1v) is 9.25. The molecule has 0 aliphatic carbocycles. The molecule has 1 unspecified atom stereocenters. The van der Waals surface area contributed by atoms with E-state index in [0.717, 1.165) is 5.56 Å². The summed E-state index contributed by atoms with van der Waals surface area (Å²) in [5.74, 6) is -0.831. The fourth-order valence-electron chi connectivity index (χ4n) is 2.57. The molecular formula is C20H22Cl2N2O3. The molecule has 2 aromatic carbocycles. The molecule has 27 heavy (non-hydrogen) atoms. The maximum atomic E-state index is 12.5. The third-order valence-electron chi connectivity index (χ3n) is 4.03. The lowest BCUT2D eigenvalue weighted by atomic mass is 10.0. The molecule has 7 heteroatoms. The van der Waals surface area contributed by atoms with Crippen LogP contribution in [0.5, 0.6) is 0 Å². The zero-order valence-electron chi connectivity index (χ0n) is 15.4. The van der Waals surface area contributed by atoms with Crippen LogP contribution < -0.4 is 10.6 Å². The Balaban J connectivity index is 2.18. The summed E-state index contributed by atoms with van der Waals surface area (Å²) in [6, 6.07) is 11.9. The molecule has 0 aromatic heterocycles. The highest BCUT2D eigenvalue weighted by molar-refractivity contribution is 6.39. The number of carbonyl (C=O) groups is 2. The van der Waals surface area contributed by atoms with E-state index in [-0.39, 0.29) is 18.2 Å². The van der Waals surface area contributed by atoms with E-state index in [4.69, 9.17) is 27.9 Å². The summed E-state index contributed by atoms with van der Waals surface area (Å²) in [6.07, 6.45) is 0.0887. The molecule has 144 valence electrons. The highest BCUT2D eigenvalue weighted by Crippen LogP contribution is 2.33. The van der Waals surface area contributed by atoms with E-state index in [9.17, 15) is 9.59 Å². The molecule has 0 aliphatic heterocycles. The molecule has 2 N–H and O–H groups in total. The number of amides is 1. The molecule has 0 spiro atoms. The number of hydrogen-bond donors (Lipinski definition) is 2. The van der Waals surface area contributed by atoms with Gasteiger partial charge in [0, 0.05) is 5.69 Å². The minimum absolute atomic E-state index is 0.0864. The van der Waals surface area contributed by atoms with Crippen LogP contribution in [-0.4, -0.2) is 25.0 Å². The summed E-state index contributed by atoms with van der Waals surface area (Å²) in [6.45, 7) is 3.69. The molecule has 0 heterocycles. The maximum absolute atomic E-state index is 12.5. The Morgan fingerprint density at radius 1 is 1.04 bits per heavy atom. The SMILES string of the molecule is COC(=O)C(NC(=O)Cc1ccccc1Nc1c(Cl)cccc1Cl)C(C)C. The standard InChI is InChI=1S/C20H22Cl2N2O3/c1-12(2)18(20(26)27-3)24-17(25)11-13-7-4-5-10-16(13)23-19-14(21)8-6-9-15(19)22/h4-10,12,18,23H,11H2,1-3H3,(H,24,25). The first-order chi connectivity index (χ1) is 12.8. The van der Waals surface area contributed by atoms with Crippen molar-refractivity contribution >= 4 is 46.5 Å². The number of halogens is 2. The number of nitrogens with one attached hydrogen (secondary N) is 2. The average Bonchev–Trinajstić information content (AvgIpc) is 2.63. The highest BCUT2D eigenvalue weighted by Gasteiger charge is 2.25. The number of ether oxygens (including phenoxy) is 1. The Bertz CT molecular complexity index is 804. The second kappa shape index (κ2) is 9.62. The van der Waals surface area contributed by atoms with E-state index in [0.29, 0.717) is 21.4 Å². The van der Waals surface area contributed by atoms with Crippen molar-refractivity contribution in [2.24, 2.45) is 5.92 Å². The van der Waals surface area contributed by atoms with Gasteiger partial charge in [-0.05, 0) is 29.7 Å². The summed E-state index contributed by atoms with van der Waals surface area (Å²) in [5, 5.41) is 6.88. The average molecular weight is 409 g/mol. The van der Waals surface area contributed by atoms with Gasteiger partial charge in [-0.3, -0.25) is 4.79 Å². The van der Waals surface area contributed by atoms with E-state index in [1.807, 2.05) is 38.1 Å². The Hall–Kier alpha value is -2.24. The fourth-order valence-corrected chi connectivity index (χ4v) is 3.06. The van der Waals surface area contributed by atoms with Gasteiger partial charge in [-0.25, -0.2) is 4.79 Å². The number of anilines is 2. The summed E-state index contributed by atoms with van der Waals surface area (Å²) >= 11 is 12.4. The number of carbonyl (C=O) groups excluding carboxylic acids is 2. The van der Waals surface area contributed by atoms with Crippen molar-refractivity contribution in [3.8, 4) is 0 Å². The quantitative estimate of drug-likeness (QED) is 0.657. The van der Waals surface area contributed by atoms with Crippen molar-refractivity contribution in [1.29, 1.82) is 0 Å². The van der Waals surface area contributed by atoms with Crippen LogP contribution in [0.3, 0.4) is 0 Å². The monoisotopic (exact) mass is 408 g/mol. The number of hydrogen-bond acceptors (Lipinski definition) is 4. The van der Waals surface area contributed by atoms with E-state index in [2.05, 4.69) is 10.6 Å². The number of para-hydroxylation sites is 2. The Labute approximate surface area is 169 Å². The third-order valence-corrected chi connectivity index (χ3v) is 4.66. The zero-order chi connectivity index (χ0) is 20.0. The smallest absolute Gasteiger partial charge is 0.328 e. The van der Waals surface area contributed by atoms with Crippen LogP contribution in [0.2, 0.25) is 10.0 Å². The van der Waals surface area contributed by atoms with Crippen LogP contribution in [0.25, 0.3) is 0 Å². The molecule has 0 saturated heterocycles. The molecule has 0 bridgehead atoms. The molecule has 1 atom stereocenters. The van der Waals surface area contributed by atoms with Crippen molar-refractivity contribution in [1.82, 2.24) is 5.32 Å². The Morgan fingerprint density at radius 3 is 2.26 bits per heavy atom. The van der Waals surface area contributed by atoms with E-state index in [1.165, 1.54) is 7.11 Å². The summed E-state index contributed by atoms with van der Waals surface area (Å²) in [5.41, 5.74) is 2.03. The molecule has 2 aromatic rings. The second-order valence-electron chi connectivity index (χ2n) is 6.37. The lowest BCUT2D eigenvalue weighted by molar-refractivity contribution is -0.146. The molecule has 1 amide bonds. The van der Waals surface area contributed by atoms with Gasteiger partial charge in [0.05, 0.1) is 29.3 Å². The van der Waals surface area contributed by atoms with E-state index in [1.54, 1.807) is 18.2 Å². The number of esters is 1. The van der Waals surface area contributed by atoms with Gasteiger partial charge in [0.15, 0.2) is 0 Å². The zero-order valence-corrected chi connectivity index (χ0v) is 16.9. The molecule has 2 rings (SSSR count). The molecule has 0 radical (unpaired) electrons. The lowest BCUT2D eigenvalue weighted by Gasteiger charge is -2.20. The van der Waals surface area contributed by atoms with Crippen LogP contribution in [0.1, 0.15) is 19.4 Å². The Morgan fingerprint density at radius 2 is 1.67 bits per heavy atom. The van der Waals surface area contributed by atoms with Gasteiger partial charge >= 0.3 is 5.97 Å². The molecule has 0 fully saturated rings. The predicted molar refractivity (Wildman–Crippen MR) is 109 cm³/mol. The number of rotatable bonds is 7. The number of methoxy groups -OCH3 is 1. The van der Waals surface area contributed by atoms with Crippen molar-refractivity contribution < 1.29 is 14.3 Å². The van der Waals surface area contributed by atoms with Gasteiger partial charge in [-0.1, -0.05) is 61.3 Å².